The van der Waals surface area contributed by atoms with Crippen LogP contribution in [0.2, 0.25) is 0 Å². The number of rotatable bonds is 3. The van der Waals surface area contributed by atoms with Crippen molar-refractivity contribution in [2.45, 2.75) is 50.6 Å². The summed E-state index contributed by atoms with van der Waals surface area (Å²) < 4.78 is 5.46. The third-order valence-electron chi connectivity index (χ3n) is 6.42. The first-order chi connectivity index (χ1) is 13.7. The highest BCUT2D eigenvalue weighted by molar-refractivity contribution is 5.77. The van der Waals surface area contributed by atoms with E-state index in [9.17, 15) is 4.79 Å². The Morgan fingerprint density at radius 2 is 2.04 bits per heavy atom. The van der Waals surface area contributed by atoms with Crippen molar-refractivity contribution in [2.24, 2.45) is 0 Å². The van der Waals surface area contributed by atoms with E-state index in [-0.39, 0.29) is 5.43 Å². The molecule has 0 bridgehead atoms. The molecule has 1 aromatic heterocycles. The van der Waals surface area contributed by atoms with Gasteiger partial charge in [-0.25, -0.2) is 10.4 Å². The fourth-order valence-corrected chi connectivity index (χ4v) is 4.90. The Labute approximate surface area is 165 Å². The van der Waals surface area contributed by atoms with Crippen LogP contribution in [0.4, 0.5) is 0 Å². The van der Waals surface area contributed by atoms with Crippen LogP contribution in [-0.2, 0) is 6.42 Å². The maximum absolute atomic E-state index is 12.2. The van der Waals surface area contributed by atoms with Crippen LogP contribution in [0.25, 0.3) is 11.0 Å². The molecule has 1 aliphatic carbocycles. The van der Waals surface area contributed by atoms with Crippen molar-refractivity contribution in [3.05, 3.63) is 81.7 Å². The van der Waals surface area contributed by atoms with Crippen molar-refractivity contribution in [3.63, 3.8) is 0 Å². The minimum atomic E-state index is 0.0305. The zero-order valence-electron chi connectivity index (χ0n) is 16.2. The molecule has 0 amide bonds. The maximum Gasteiger partial charge on any atom is 0.192 e. The molecule has 3 aromatic rings. The van der Waals surface area contributed by atoms with Gasteiger partial charge in [0, 0.05) is 24.7 Å². The predicted octanol–water partition coefficient (Wildman–Crippen LogP) is 4.55. The van der Waals surface area contributed by atoms with Gasteiger partial charge in [0.2, 0.25) is 0 Å². The lowest BCUT2D eigenvalue weighted by atomic mass is 9.88. The third-order valence-corrected chi connectivity index (χ3v) is 6.42. The van der Waals surface area contributed by atoms with E-state index in [1.165, 1.54) is 48.3 Å². The molecule has 144 valence electrons. The van der Waals surface area contributed by atoms with Gasteiger partial charge in [0.25, 0.3) is 0 Å². The quantitative estimate of drug-likeness (QED) is 0.730. The lowest BCUT2D eigenvalue weighted by Crippen LogP contribution is -2.43. The fourth-order valence-electron chi connectivity index (χ4n) is 4.90. The third kappa shape index (κ3) is 3.17. The lowest BCUT2D eigenvalue weighted by Gasteiger charge is -2.32. The Balaban J connectivity index is 1.36. The van der Waals surface area contributed by atoms with Crippen molar-refractivity contribution < 1.29 is 4.42 Å². The number of fused-ring (bicyclic) bond motifs is 2. The van der Waals surface area contributed by atoms with Gasteiger partial charge in [0.05, 0.1) is 11.6 Å². The summed E-state index contributed by atoms with van der Waals surface area (Å²) in [5.41, 5.74) is 8.68. The molecule has 2 heterocycles. The lowest BCUT2D eigenvalue weighted by molar-refractivity contribution is 0.141. The summed E-state index contributed by atoms with van der Waals surface area (Å²) in [7, 11) is 0. The Morgan fingerprint density at radius 1 is 1.14 bits per heavy atom. The monoisotopic (exact) mass is 374 g/mol. The molecule has 0 saturated carbocycles. The van der Waals surface area contributed by atoms with E-state index in [4.69, 9.17) is 4.42 Å². The van der Waals surface area contributed by atoms with Crippen LogP contribution in [-0.4, -0.2) is 17.6 Å². The van der Waals surface area contributed by atoms with E-state index >= 15 is 0 Å². The van der Waals surface area contributed by atoms with Crippen LogP contribution in [0.1, 0.15) is 54.8 Å². The first-order valence-electron chi connectivity index (χ1n) is 10.3. The van der Waals surface area contributed by atoms with Crippen molar-refractivity contribution >= 4 is 11.0 Å². The summed E-state index contributed by atoms with van der Waals surface area (Å²) in [5, 5.41) is 3.09. The van der Waals surface area contributed by atoms with Crippen molar-refractivity contribution in [2.75, 3.05) is 6.54 Å². The molecule has 1 fully saturated rings. The van der Waals surface area contributed by atoms with E-state index in [1.807, 2.05) is 12.1 Å². The Bertz CT molecular complexity index is 1060. The standard InChI is InChI=1S/C24H26N2O2/c1-16-13-19(18-9-10-24-21(14-18)23(27)11-12-28-24)15-26(16)25-22-8-4-6-17-5-2-3-7-20(17)22/h2-3,5,7,9-12,14,16,19,22,25H,4,6,8,13,15H2,1H3. The smallest absolute Gasteiger partial charge is 0.192 e. The van der Waals surface area contributed by atoms with E-state index in [0.717, 1.165) is 13.0 Å². The Morgan fingerprint density at radius 3 is 2.96 bits per heavy atom. The largest absolute Gasteiger partial charge is 0.464 e. The molecular formula is C24H26N2O2. The zero-order chi connectivity index (χ0) is 19.1. The highest BCUT2D eigenvalue weighted by atomic mass is 16.3. The SMILES string of the molecule is CC1CC(c2ccc3occc(=O)c3c2)CN1NC1CCCc2ccccc21. The summed E-state index contributed by atoms with van der Waals surface area (Å²) in [6, 6.07) is 17.3. The minimum Gasteiger partial charge on any atom is -0.464 e. The van der Waals surface area contributed by atoms with Gasteiger partial charge in [-0.3, -0.25) is 4.79 Å². The fraction of sp³-hybridized carbons (Fsp3) is 0.375. The van der Waals surface area contributed by atoms with Gasteiger partial charge >= 0.3 is 0 Å². The second-order valence-corrected chi connectivity index (χ2v) is 8.25. The summed E-state index contributed by atoms with van der Waals surface area (Å²) >= 11 is 0. The maximum atomic E-state index is 12.2. The molecule has 0 radical (unpaired) electrons. The summed E-state index contributed by atoms with van der Waals surface area (Å²) in [5.74, 6) is 0.422. The Hall–Kier alpha value is -2.43. The van der Waals surface area contributed by atoms with E-state index in [2.05, 4.69) is 47.7 Å². The summed E-state index contributed by atoms with van der Waals surface area (Å²) in [4.78, 5) is 12.2. The number of hydrogen-bond acceptors (Lipinski definition) is 4. The highest BCUT2D eigenvalue weighted by Crippen LogP contribution is 2.35. The van der Waals surface area contributed by atoms with Crippen LogP contribution in [0.3, 0.4) is 0 Å². The second kappa shape index (κ2) is 7.19. The number of aryl methyl sites for hydroxylation is 1. The molecule has 1 saturated heterocycles. The molecule has 1 aliphatic heterocycles. The van der Waals surface area contributed by atoms with Gasteiger partial charge in [-0.05, 0) is 67.3 Å². The molecule has 1 N–H and O–H groups in total. The van der Waals surface area contributed by atoms with Crippen LogP contribution in [0.5, 0.6) is 0 Å². The van der Waals surface area contributed by atoms with E-state index < -0.39 is 0 Å². The number of nitrogens with zero attached hydrogens (tertiary/aromatic N) is 1. The zero-order valence-corrected chi connectivity index (χ0v) is 16.2. The normalized spacial score (nSPS) is 25.1. The van der Waals surface area contributed by atoms with Gasteiger partial charge in [-0.15, -0.1) is 0 Å². The van der Waals surface area contributed by atoms with Crippen molar-refractivity contribution in [1.29, 1.82) is 0 Å². The van der Waals surface area contributed by atoms with Gasteiger partial charge < -0.3 is 4.42 Å². The summed E-state index contributed by atoms with van der Waals surface area (Å²) in [6.45, 7) is 3.25. The second-order valence-electron chi connectivity index (χ2n) is 8.25. The molecular weight excluding hydrogens is 348 g/mol. The van der Waals surface area contributed by atoms with Crippen LogP contribution in [0, 0.1) is 0 Å². The number of benzene rings is 2. The molecule has 3 unspecified atom stereocenters. The minimum absolute atomic E-state index is 0.0305. The average Bonchev–Trinajstić information content (AvgIpc) is 3.09. The van der Waals surface area contributed by atoms with Gasteiger partial charge in [-0.1, -0.05) is 30.3 Å². The molecule has 0 spiro atoms. The number of nitrogens with one attached hydrogen (secondary N) is 1. The molecule has 3 atom stereocenters. The molecule has 2 aliphatic rings. The molecule has 28 heavy (non-hydrogen) atoms. The predicted molar refractivity (Wildman–Crippen MR) is 111 cm³/mol. The van der Waals surface area contributed by atoms with Gasteiger partial charge in [0.1, 0.15) is 5.58 Å². The molecule has 4 nitrogen and oxygen atoms in total. The average molecular weight is 374 g/mol. The van der Waals surface area contributed by atoms with Crippen LogP contribution in [0.15, 0.2) is 64.0 Å². The van der Waals surface area contributed by atoms with E-state index in [1.54, 1.807) is 0 Å². The number of hydrogen-bond donors (Lipinski definition) is 1. The molecule has 2 aromatic carbocycles. The molecule has 4 heteroatoms. The molecule has 5 rings (SSSR count). The van der Waals surface area contributed by atoms with Crippen LogP contribution < -0.4 is 10.9 Å². The van der Waals surface area contributed by atoms with Gasteiger partial charge in [-0.2, -0.15) is 0 Å². The van der Waals surface area contributed by atoms with Gasteiger partial charge in [0.15, 0.2) is 5.43 Å². The highest BCUT2D eigenvalue weighted by Gasteiger charge is 2.32. The van der Waals surface area contributed by atoms with E-state index in [0.29, 0.717) is 29.0 Å². The van der Waals surface area contributed by atoms with Crippen LogP contribution >= 0.6 is 0 Å². The van der Waals surface area contributed by atoms with Crippen molar-refractivity contribution in [3.8, 4) is 0 Å². The van der Waals surface area contributed by atoms with Crippen molar-refractivity contribution in [1.82, 2.24) is 10.4 Å². The number of hydrazine groups is 1. The first-order valence-corrected chi connectivity index (χ1v) is 10.3. The first kappa shape index (κ1) is 17.7. The topological polar surface area (TPSA) is 45.5 Å². The Kier molecular flexibility index (Phi) is 4.53. The summed E-state index contributed by atoms with van der Waals surface area (Å²) in [6.07, 6.45) is 6.16.